The van der Waals surface area contributed by atoms with Crippen LogP contribution in [0.2, 0.25) is 0 Å². The summed E-state index contributed by atoms with van der Waals surface area (Å²) in [5.41, 5.74) is 2.53. The van der Waals surface area contributed by atoms with Crippen LogP contribution in [0.1, 0.15) is 56.8 Å². The predicted molar refractivity (Wildman–Crippen MR) is 135 cm³/mol. The Morgan fingerprint density at radius 3 is 2.59 bits per heavy atom. The van der Waals surface area contributed by atoms with Crippen LogP contribution >= 0.6 is 0 Å². The third-order valence-electron chi connectivity index (χ3n) is 8.44. The van der Waals surface area contributed by atoms with Crippen LogP contribution in [0.5, 0.6) is 5.75 Å². The highest BCUT2D eigenvalue weighted by Gasteiger charge is 2.51. The van der Waals surface area contributed by atoms with Crippen LogP contribution in [0.25, 0.3) is 0 Å². The maximum atomic E-state index is 12.9. The van der Waals surface area contributed by atoms with Gasteiger partial charge in [0.05, 0.1) is 7.11 Å². The van der Waals surface area contributed by atoms with Gasteiger partial charge in [0.2, 0.25) is 5.91 Å². The average Bonchev–Trinajstić information content (AvgIpc) is 2.86. The number of fused-ring (bicyclic) bond motifs is 1. The van der Waals surface area contributed by atoms with Gasteiger partial charge >= 0.3 is 0 Å². The van der Waals surface area contributed by atoms with Gasteiger partial charge < -0.3 is 14.5 Å². The zero-order valence-electron chi connectivity index (χ0n) is 21.4. The summed E-state index contributed by atoms with van der Waals surface area (Å²) in [4.78, 5) is 32.2. The second-order valence-electron chi connectivity index (χ2n) is 10.8. The number of piperazine rings is 1. The number of nitrogens with zero attached hydrogens (tertiary/aromatic N) is 3. The van der Waals surface area contributed by atoms with E-state index >= 15 is 0 Å². The number of carbonyl (C=O) groups is 2. The normalized spacial score (nSPS) is 23.6. The van der Waals surface area contributed by atoms with Crippen molar-refractivity contribution in [3.63, 3.8) is 0 Å². The number of carbonyl (C=O) groups excluding carboxylic acids is 2. The van der Waals surface area contributed by atoms with E-state index in [4.69, 9.17) is 4.74 Å². The Morgan fingerprint density at radius 2 is 1.94 bits per heavy atom. The fourth-order valence-corrected chi connectivity index (χ4v) is 5.92. The molecule has 2 unspecified atom stereocenters. The number of methoxy groups -OCH3 is 1. The van der Waals surface area contributed by atoms with Crippen molar-refractivity contribution in [2.75, 3.05) is 52.9 Å². The second kappa shape index (κ2) is 10.5. The van der Waals surface area contributed by atoms with Gasteiger partial charge in [0, 0.05) is 57.8 Å². The smallest absolute Gasteiger partial charge is 0.254 e. The second-order valence-corrected chi connectivity index (χ2v) is 10.8. The van der Waals surface area contributed by atoms with Crippen molar-refractivity contribution in [3.05, 3.63) is 41.5 Å². The molecule has 0 radical (unpaired) electrons. The molecule has 6 nitrogen and oxygen atoms in total. The van der Waals surface area contributed by atoms with Gasteiger partial charge in [0.25, 0.3) is 5.91 Å². The molecule has 1 aromatic rings. The van der Waals surface area contributed by atoms with Gasteiger partial charge in [0.1, 0.15) is 5.75 Å². The Morgan fingerprint density at radius 1 is 1.18 bits per heavy atom. The van der Waals surface area contributed by atoms with Gasteiger partial charge in [-0.1, -0.05) is 38.5 Å². The van der Waals surface area contributed by atoms with Crippen LogP contribution < -0.4 is 4.74 Å². The Labute approximate surface area is 204 Å². The van der Waals surface area contributed by atoms with Crippen molar-refractivity contribution in [2.45, 2.75) is 46.5 Å². The van der Waals surface area contributed by atoms with E-state index in [0.29, 0.717) is 42.2 Å². The third kappa shape index (κ3) is 5.17. The molecular formula is C28H41N3O3. The van der Waals surface area contributed by atoms with Gasteiger partial charge in [-0.15, -0.1) is 0 Å². The summed E-state index contributed by atoms with van der Waals surface area (Å²) in [6.45, 7) is 12.4. The van der Waals surface area contributed by atoms with Crippen molar-refractivity contribution in [3.8, 4) is 5.75 Å². The first-order chi connectivity index (χ1) is 16.3. The molecule has 1 saturated carbocycles. The first kappa shape index (κ1) is 24.8. The molecule has 1 saturated heterocycles. The van der Waals surface area contributed by atoms with Crippen molar-refractivity contribution in [1.82, 2.24) is 14.7 Å². The summed E-state index contributed by atoms with van der Waals surface area (Å²) in [6.07, 6.45) is 6.37. The summed E-state index contributed by atoms with van der Waals surface area (Å²) in [7, 11) is 1.62. The molecule has 3 aliphatic carbocycles. The molecule has 2 fully saturated rings. The van der Waals surface area contributed by atoms with Crippen molar-refractivity contribution in [2.24, 2.45) is 17.3 Å². The largest absolute Gasteiger partial charge is 0.497 e. The lowest BCUT2D eigenvalue weighted by atomic mass is 9.49. The van der Waals surface area contributed by atoms with Crippen molar-refractivity contribution < 1.29 is 14.3 Å². The maximum absolute atomic E-state index is 12.9. The number of hydrogen-bond donors (Lipinski definition) is 0. The van der Waals surface area contributed by atoms with Gasteiger partial charge in [-0.3, -0.25) is 14.5 Å². The van der Waals surface area contributed by atoms with E-state index in [1.807, 2.05) is 23.1 Å². The van der Waals surface area contributed by atoms with Crippen LogP contribution in [0.4, 0.5) is 0 Å². The first-order valence-corrected chi connectivity index (χ1v) is 13.0. The molecule has 0 aromatic heterocycles. The Balaban J connectivity index is 1.30. The lowest BCUT2D eigenvalue weighted by Crippen LogP contribution is -2.52. The summed E-state index contributed by atoms with van der Waals surface area (Å²) in [6, 6.07) is 7.36. The summed E-state index contributed by atoms with van der Waals surface area (Å²) < 4.78 is 5.26. The number of benzene rings is 1. The minimum Gasteiger partial charge on any atom is -0.497 e. The van der Waals surface area contributed by atoms with E-state index < -0.39 is 0 Å². The summed E-state index contributed by atoms with van der Waals surface area (Å²) in [5, 5.41) is 0. The summed E-state index contributed by atoms with van der Waals surface area (Å²) >= 11 is 0. The zero-order chi connectivity index (χ0) is 24.3. The minimum absolute atomic E-state index is 0.0592. The summed E-state index contributed by atoms with van der Waals surface area (Å²) in [5.74, 6) is 2.49. The van der Waals surface area contributed by atoms with Crippen LogP contribution in [0.3, 0.4) is 0 Å². The molecule has 2 atom stereocenters. The molecule has 1 heterocycles. The first-order valence-electron chi connectivity index (χ1n) is 13.0. The van der Waals surface area contributed by atoms with E-state index in [1.165, 1.54) is 12.0 Å². The molecule has 5 rings (SSSR count). The highest BCUT2D eigenvalue weighted by atomic mass is 16.5. The Kier molecular flexibility index (Phi) is 7.66. The molecule has 2 bridgehead atoms. The molecule has 0 N–H and O–H groups in total. The molecule has 6 heteroatoms. The van der Waals surface area contributed by atoms with Crippen LogP contribution in [0.15, 0.2) is 35.9 Å². The molecule has 0 spiro atoms. The van der Waals surface area contributed by atoms with E-state index in [1.54, 1.807) is 13.2 Å². The zero-order valence-corrected chi connectivity index (χ0v) is 21.4. The van der Waals surface area contributed by atoms with E-state index in [0.717, 1.165) is 51.5 Å². The van der Waals surface area contributed by atoms with Gasteiger partial charge in [-0.25, -0.2) is 0 Å². The standard InChI is InChI=1S/C28H41N3O3/c1-5-7-26(32)31(20-22-10-11-23-19-25(22)28(23,2)3)17-14-29-12-15-30(16-13-29)27(33)21-8-6-9-24(18-21)34-4/h6,8-10,18,23,25H,5,7,11-17,19-20H2,1-4H3. The SMILES string of the molecule is CCCC(=O)N(CCN1CCN(C(=O)c2cccc(OC)c2)CC1)CC1=CCC2CC1C2(C)C. The molecule has 2 amide bonds. The number of allylic oxidation sites excluding steroid dienone is 1. The number of amides is 2. The van der Waals surface area contributed by atoms with Crippen LogP contribution in [-0.4, -0.2) is 79.4 Å². The topological polar surface area (TPSA) is 53.1 Å². The molecular weight excluding hydrogens is 426 g/mol. The Bertz CT molecular complexity index is 917. The monoisotopic (exact) mass is 467 g/mol. The van der Waals surface area contributed by atoms with Crippen molar-refractivity contribution >= 4 is 11.8 Å². The number of rotatable bonds is 9. The van der Waals surface area contributed by atoms with Gasteiger partial charge in [0.15, 0.2) is 0 Å². The van der Waals surface area contributed by atoms with Crippen LogP contribution in [0, 0.1) is 17.3 Å². The quantitative estimate of drug-likeness (QED) is 0.514. The average molecular weight is 468 g/mol. The van der Waals surface area contributed by atoms with Crippen LogP contribution in [-0.2, 0) is 4.79 Å². The Hall–Kier alpha value is -2.34. The van der Waals surface area contributed by atoms with E-state index in [-0.39, 0.29) is 11.8 Å². The third-order valence-corrected chi connectivity index (χ3v) is 8.44. The maximum Gasteiger partial charge on any atom is 0.254 e. The molecule has 1 aromatic carbocycles. The lowest BCUT2D eigenvalue weighted by Gasteiger charge is -2.57. The van der Waals surface area contributed by atoms with E-state index in [9.17, 15) is 9.59 Å². The lowest BCUT2D eigenvalue weighted by molar-refractivity contribution is -0.131. The highest BCUT2D eigenvalue weighted by molar-refractivity contribution is 5.94. The fourth-order valence-electron chi connectivity index (χ4n) is 5.92. The number of ether oxygens (including phenoxy) is 1. The van der Waals surface area contributed by atoms with Gasteiger partial charge in [-0.05, 0) is 54.7 Å². The fraction of sp³-hybridized carbons (Fsp3) is 0.643. The molecule has 4 aliphatic rings. The predicted octanol–water partition coefficient (Wildman–Crippen LogP) is 4.07. The molecule has 186 valence electrons. The molecule has 34 heavy (non-hydrogen) atoms. The van der Waals surface area contributed by atoms with Gasteiger partial charge in [-0.2, -0.15) is 0 Å². The number of hydrogen-bond acceptors (Lipinski definition) is 4. The molecule has 1 aliphatic heterocycles. The highest BCUT2D eigenvalue weighted by Crippen LogP contribution is 2.59. The van der Waals surface area contributed by atoms with Crippen molar-refractivity contribution in [1.29, 1.82) is 0 Å². The minimum atomic E-state index is 0.0592. The van der Waals surface area contributed by atoms with E-state index in [2.05, 4.69) is 36.6 Å².